The number of hydrogen-bond acceptors (Lipinski definition) is 3. The SMILES string of the molecule is c1ccc(-c2cccc(-c3nc(-c4ccccc4)nc(-c4ccc(-c5cccc(-c6cccc7c6C6(CCCCC6)c6ccccc6-7)c5)cc4)n3)c2)cc1. The molecule has 0 bridgehead atoms. The summed E-state index contributed by atoms with van der Waals surface area (Å²) in [6.07, 6.45) is 6.33. The van der Waals surface area contributed by atoms with Gasteiger partial charge in [-0.3, -0.25) is 0 Å². The van der Waals surface area contributed by atoms with Gasteiger partial charge in [-0.05, 0) is 80.6 Å². The summed E-state index contributed by atoms with van der Waals surface area (Å²) in [4.78, 5) is 15.1. The van der Waals surface area contributed by atoms with E-state index in [1.54, 1.807) is 0 Å². The molecular weight excluding hydrogens is 655 g/mol. The Labute approximate surface area is 317 Å². The van der Waals surface area contributed by atoms with Crippen LogP contribution in [-0.2, 0) is 5.41 Å². The summed E-state index contributed by atoms with van der Waals surface area (Å²) in [6.45, 7) is 0. The molecule has 1 heterocycles. The molecule has 54 heavy (non-hydrogen) atoms. The molecule has 10 rings (SSSR count). The van der Waals surface area contributed by atoms with E-state index in [0.717, 1.165) is 33.4 Å². The first-order chi connectivity index (χ1) is 26.7. The van der Waals surface area contributed by atoms with E-state index < -0.39 is 0 Å². The van der Waals surface area contributed by atoms with Gasteiger partial charge in [0.05, 0.1) is 0 Å². The van der Waals surface area contributed by atoms with Gasteiger partial charge in [-0.15, -0.1) is 0 Å². The zero-order valence-corrected chi connectivity index (χ0v) is 30.1. The quantitative estimate of drug-likeness (QED) is 0.174. The molecule has 7 aromatic carbocycles. The van der Waals surface area contributed by atoms with E-state index in [4.69, 9.17) is 15.0 Å². The molecule has 1 saturated carbocycles. The average Bonchev–Trinajstić information content (AvgIpc) is 3.53. The van der Waals surface area contributed by atoms with Gasteiger partial charge in [0.2, 0.25) is 0 Å². The molecule has 3 nitrogen and oxygen atoms in total. The van der Waals surface area contributed by atoms with Crippen LogP contribution in [-0.4, -0.2) is 15.0 Å². The van der Waals surface area contributed by atoms with Crippen LogP contribution in [0, 0.1) is 0 Å². The van der Waals surface area contributed by atoms with Crippen molar-refractivity contribution < 1.29 is 0 Å². The monoisotopic (exact) mass is 693 g/mol. The van der Waals surface area contributed by atoms with Gasteiger partial charge in [-0.1, -0.05) is 183 Å². The lowest BCUT2D eigenvalue weighted by Gasteiger charge is -2.37. The number of nitrogens with zero attached hydrogens (tertiary/aromatic N) is 3. The van der Waals surface area contributed by atoms with Crippen LogP contribution < -0.4 is 0 Å². The van der Waals surface area contributed by atoms with E-state index in [2.05, 4.69) is 152 Å². The largest absolute Gasteiger partial charge is 0.208 e. The Kier molecular flexibility index (Phi) is 8.06. The summed E-state index contributed by atoms with van der Waals surface area (Å²) < 4.78 is 0. The number of aromatic nitrogens is 3. The van der Waals surface area contributed by atoms with Gasteiger partial charge in [0.25, 0.3) is 0 Å². The third kappa shape index (κ3) is 5.64. The molecule has 0 radical (unpaired) electrons. The molecule has 2 aliphatic carbocycles. The van der Waals surface area contributed by atoms with Crippen molar-refractivity contribution in [2.45, 2.75) is 37.5 Å². The molecule has 0 saturated heterocycles. The zero-order valence-electron chi connectivity index (χ0n) is 30.1. The highest BCUT2D eigenvalue weighted by Gasteiger charge is 2.45. The first-order valence-corrected chi connectivity index (χ1v) is 19.2. The normalized spacial score (nSPS) is 14.1. The molecule has 0 aliphatic heterocycles. The molecular formula is C51H39N3. The van der Waals surface area contributed by atoms with E-state index in [9.17, 15) is 0 Å². The van der Waals surface area contributed by atoms with Gasteiger partial charge in [0.1, 0.15) is 0 Å². The summed E-state index contributed by atoms with van der Waals surface area (Å²) in [5, 5.41) is 0. The van der Waals surface area contributed by atoms with Gasteiger partial charge in [-0.2, -0.15) is 0 Å². The summed E-state index contributed by atoms with van der Waals surface area (Å²) >= 11 is 0. The van der Waals surface area contributed by atoms with E-state index in [0.29, 0.717) is 17.5 Å². The lowest BCUT2D eigenvalue weighted by molar-refractivity contribution is 0.353. The Hall–Kier alpha value is -6.45. The minimum atomic E-state index is 0.100. The van der Waals surface area contributed by atoms with Crippen molar-refractivity contribution in [1.82, 2.24) is 15.0 Å². The summed E-state index contributed by atoms with van der Waals surface area (Å²) in [6, 6.07) is 62.9. The van der Waals surface area contributed by atoms with Crippen LogP contribution in [0.25, 0.3) is 78.7 Å². The maximum Gasteiger partial charge on any atom is 0.164 e. The van der Waals surface area contributed by atoms with Crippen LogP contribution in [0.3, 0.4) is 0 Å². The van der Waals surface area contributed by atoms with Crippen molar-refractivity contribution in [3.05, 3.63) is 187 Å². The maximum absolute atomic E-state index is 5.06. The summed E-state index contributed by atoms with van der Waals surface area (Å²) in [5.41, 5.74) is 16.2. The molecule has 0 amide bonds. The highest BCUT2D eigenvalue weighted by Crippen LogP contribution is 2.58. The Balaban J connectivity index is 1.02. The second-order valence-corrected chi connectivity index (χ2v) is 14.7. The summed E-state index contributed by atoms with van der Waals surface area (Å²) in [5.74, 6) is 1.97. The number of rotatable bonds is 6. The standard InChI is InChI=1S/C51H39N3/c1-4-15-35(16-5-1)40-20-13-22-42(34-40)50-53-48(37-17-6-2-7-18-37)52-49(54-50)38-29-27-36(28-30-38)39-19-12-21-41(33-39)43-24-14-25-45-44-23-8-9-26-46(44)51(47(43)45)31-10-3-11-32-51/h1-2,4-9,12-30,33-34H,3,10-11,31-32H2. The van der Waals surface area contributed by atoms with Crippen molar-refractivity contribution in [2.24, 2.45) is 0 Å². The molecule has 3 heteroatoms. The van der Waals surface area contributed by atoms with E-state index in [1.807, 2.05) is 24.3 Å². The molecule has 2 aliphatic rings. The van der Waals surface area contributed by atoms with Gasteiger partial charge in [-0.25, -0.2) is 15.0 Å². The fourth-order valence-corrected chi connectivity index (χ4v) is 8.97. The predicted molar refractivity (Wildman–Crippen MR) is 222 cm³/mol. The fourth-order valence-electron chi connectivity index (χ4n) is 8.97. The van der Waals surface area contributed by atoms with Gasteiger partial charge < -0.3 is 0 Å². The zero-order chi connectivity index (χ0) is 35.9. The fraction of sp³-hybridized carbons (Fsp3) is 0.118. The van der Waals surface area contributed by atoms with Gasteiger partial charge in [0, 0.05) is 22.1 Å². The van der Waals surface area contributed by atoms with Crippen LogP contribution in [0.15, 0.2) is 176 Å². The second kappa shape index (κ2) is 13.5. The maximum atomic E-state index is 5.06. The highest BCUT2D eigenvalue weighted by molar-refractivity contribution is 5.89. The predicted octanol–water partition coefficient (Wildman–Crippen LogP) is 13.1. The molecule has 1 spiro atoms. The Morgan fingerprint density at radius 1 is 0.315 bits per heavy atom. The third-order valence-electron chi connectivity index (χ3n) is 11.5. The minimum absolute atomic E-state index is 0.100. The van der Waals surface area contributed by atoms with Crippen molar-refractivity contribution in [3.8, 4) is 78.7 Å². The molecule has 8 aromatic rings. The van der Waals surface area contributed by atoms with Crippen LogP contribution in [0.4, 0.5) is 0 Å². The van der Waals surface area contributed by atoms with Gasteiger partial charge in [0.15, 0.2) is 17.5 Å². The van der Waals surface area contributed by atoms with Crippen LogP contribution in [0.5, 0.6) is 0 Å². The molecule has 0 N–H and O–H groups in total. The first-order valence-electron chi connectivity index (χ1n) is 19.2. The Morgan fingerprint density at radius 3 is 1.46 bits per heavy atom. The first kappa shape index (κ1) is 32.2. The van der Waals surface area contributed by atoms with Crippen molar-refractivity contribution in [2.75, 3.05) is 0 Å². The third-order valence-corrected chi connectivity index (χ3v) is 11.5. The lowest BCUT2D eigenvalue weighted by Crippen LogP contribution is -2.28. The van der Waals surface area contributed by atoms with Crippen LogP contribution in [0.2, 0.25) is 0 Å². The molecule has 1 aromatic heterocycles. The van der Waals surface area contributed by atoms with Gasteiger partial charge >= 0.3 is 0 Å². The minimum Gasteiger partial charge on any atom is -0.208 e. The van der Waals surface area contributed by atoms with Crippen LogP contribution >= 0.6 is 0 Å². The number of hydrogen-bond donors (Lipinski definition) is 0. The second-order valence-electron chi connectivity index (χ2n) is 14.7. The highest BCUT2D eigenvalue weighted by atomic mass is 15.0. The average molecular weight is 694 g/mol. The van der Waals surface area contributed by atoms with E-state index in [1.165, 1.54) is 71.0 Å². The molecule has 258 valence electrons. The molecule has 0 atom stereocenters. The Bertz CT molecular complexity index is 2620. The Morgan fingerprint density at radius 2 is 0.759 bits per heavy atom. The van der Waals surface area contributed by atoms with Crippen molar-refractivity contribution in [1.29, 1.82) is 0 Å². The van der Waals surface area contributed by atoms with Crippen LogP contribution in [0.1, 0.15) is 43.2 Å². The lowest BCUT2D eigenvalue weighted by atomic mass is 9.66. The van der Waals surface area contributed by atoms with E-state index >= 15 is 0 Å². The summed E-state index contributed by atoms with van der Waals surface area (Å²) in [7, 11) is 0. The topological polar surface area (TPSA) is 38.7 Å². The molecule has 1 fully saturated rings. The smallest absolute Gasteiger partial charge is 0.164 e. The number of fused-ring (bicyclic) bond motifs is 5. The molecule has 0 unspecified atom stereocenters. The van der Waals surface area contributed by atoms with Crippen molar-refractivity contribution >= 4 is 0 Å². The number of benzene rings is 7. The van der Waals surface area contributed by atoms with Crippen molar-refractivity contribution in [3.63, 3.8) is 0 Å². The van der Waals surface area contributed by atoms with E-state index in [-0.39, 0.29) is 5.41 Å².